The van der Waals surface area contributed by atoms with Crippen LogP contribution in [0.5, 0.6) is 5.75 Å². The molecule has 19 heteroatoms. The Balaban J connectivity index is 1.83. The Morgan fingerprint density at radius 2 is 1.21 bits per heavy atom. The van der Waals surface area contributed by atoms with Crippen LogP contribution in [0.3, 0.4) is 0 Å². The molecule has 1 aliphatic rings. The van der Waals surface area contributed by atoms with Gasteiger partial charge in [0.25, 0.3) is 23.6 Å². The van der Waals surface area contributed by atoms with E-state index in [-0.39, 0.29) is 12.5 Å². The standard InChI is InChI=1S/C37H50N6O13/c1-22(2)54-29-16-43(38-23(29)3)15-27-12-10-26(11-13-27)14-28-37(51)56-25(5)36(50)41(8)17-32(46)52-20-30(44)39(6)19-34(48)55-24(4)35(49)40(7)18-33(47)53-21-31(45)42(28)9/h10-13,16,22,24-25,28H,14-15,17-21H2,1-9H3. The van der Waals surface area contributed by atoms with Gasteiger partial charge in [-0.05, 0) is 45.7 Å². The molecule has 56 heavy (non-hydrogen) atoms. The lowest BCUT2D eigenvalue weighted by atomic mass is 10.0. The number of rotatable bonds is 6. The van der Waals surface area contributed by atoms with E-state index < -0.39 is 98.6 Å². The zero-order chi connectivity index (χ0) is 41.9. The van der Waals surface area contributed by atoms with E-state index >= 15 is 0 Å². The Bertz CT molecular complexity index is 1780. The van der Waals surface area contributed by atoms with Crippen LogP contribution in [0.1, 0.15) is 44.5 Å². The van der Waals surface area contributed by atoms with E-state index in [1.807, 2.05) is 32.9 Å². The summed E-state index contributed by atoms with van der Waals surface area (Å²) in [5, 5.41) is 4.50. The van der Waals surface area contributed by atoms with Gasteiger partial charge in [0.2, 0.25) is 0 Å². The van der Waals surface area contributed by atoms with Crippen molar-refractivity contribution in [3.63, 3.8) is 0 Å². The highest BCUT2D eigenvalue weighted by Crippen LogP contribution is 2.19. The Morgan fingerprint density at radius 3 is 1.77 bits per heavy atom. The highest BCUT2D eigenvalue weighted by molar-refractivity contribution is 5.91. The fourth-order valence-electron chi connectivity index (χ4n) is 5.31. The second kappa shape index (κ2) is 20.1. The van der Waals surface area contributed by atoms with Gasteiger partial charge in [-0.1, -0.05) is 24.3 Å². The average Bonchev–Trinajstić information content (AvgIpc) is 3.47. The molecule has 1 saturated heterocycles. The fourth-order valence-corrected chi connectivity index (χ4v) is 5.31. The van der Waals surface area contributed by atoms with Crippen LogP contribution in [0.15, 0.2) is 30.5 Å². The van der Waals surface area contributed by atoms with Gasteiger partial charge in [0.1, 0.15) is 31.4 Å². The summed E-state index contributed by atoms with van der Waals surface area (Å²) in [4.78, 5) is 107. The Kier molecular flexibility index (Phi) is 15.9. The average molecular weight is 787 g/mol. The van der Waals surface area contributed by atoms with Crippen molar-refractivity contribution < 1.29 is 62.0 Å². The number of ether oxygens (including phenoxy) is 5. The van der Waals surface area contributed by atoms with Gasteiger partial charge in [0.15, 0.2) is 31.2 Å². The molecule has 0 N–H and O–H groups in total. The van der Waals surface area contributed by atoms with Gasteiger partial charge in [-0.15, -0.1) is 0 Å². The minimum Gasteiger partial charge on any atom is -0.487 e. The normalized spacial score (nSPS) is 21.1. The third-order valence-electron chi connectivity index (χ3n) is 8.48. The molecule has 0 radical (unpaired) electrons. The van der Waals surface area contributed by atoms with Crippen LogP contribution in [0.2, 0.25) is 0 Å². The van der Waals surface area contributed by atoms with E-state index in [1.165, 1.54) is 42.0 Å². The van der Waals surface area contributed by atoms with Crippen molar-refractivity contribution in [2.24, 2.45) is 0 Å². The number of nitrogens with zero attached hydrogens (tertiary/aromatic N) is 6. The van der Waals surface area contributed by atoms with Gasteiger partial charge < -0.3 is 43.3 Å². The van der Waals surface area contributed by atoms with Crippen molar-refractivity contribution in [1.29, 1.82) is 0 Å². The molecule has 19 nitrogen and oxygen atoms in total. The number of carbonyl (C=O) groups excluding carboxylic acids is 8. The fraction of sp³-hybridized carbons (Fsp3) is 0.541. The lowest BCUT2D eigenvalue weighted by molar-refractivity contribution is -0.167. The molecule has 1 fully saturated rings. The van der Waals surface area contributed by atoms with Gasteiger partial charge in [0.05, 0.1) is 18.8 Å². The number of carbonyl (C=O) groups is 8. The van der Waals surface area contributed by atoms with Crippen molar-refractivity contribution in [3.05, 3.63) is 47.3 Å². The third kappa shape index (κ3) is 13.1. The maximum Gasteiger partial charge on any atom is 0.329 e. The van der Waals surface area contributed by atoms with Crippen LogP contribution in [0, 0.1) is 6.92 Å². The molecule has 1 aromatic heterocycles. The molecule has 0 saturated carbocycles. The van der Waals surface area contributed by atoms with Crippen molar-refractivity contribution in [2.75, 3.05) is 61.0 Å². The number of benzene rings is 1. The largest absolute Gasteiger partial charge is 0.487 e. The minimum absolute atomic E-state index is 0.0161. The smallest absolute Gasteiger partial charge is 0.329 e. The lowest BCUT2D eigenvalue weighted by Crippen LogP contribution is -2.49. The van der Waals surface area contributed by atoms with Crippen LogP contribution in [0.4, 0.5) is 0 Å². The number of hydrogen-bond donors (Lipinski definition) is 0. The van der Waals surface area contributed by atoms with E-state index in [4.69, 9.17) is 23.7 Å². The van der Waals surface area contributed by atoms with Crippen molar-refractivity contribution in [1.82, 2.24) is 29.4 Å². The molecular formula is C37H50N6O13. The van der Waals surface area contributed by atoms with Crippen LogP contribution < -0.4 is 4.74 Å². The first-order chi connectivity index (χ1) is 26.2. The molecule has 4 amide bonds. The summed E-state index contributed by atoms with van der Waals surface area (Å²) in [5.41, 5.74) is 2.25. The monoisotopic (exact) mass is 786 g/mol. The van der Waals surface area contributed by atoms with E-state index in [0.29, 0.717) is 17.9 Å². The SMILES string of the molecule is Cc1nn(Cc2ccc(CC3C(=O)OC(C)C(=O)N(C)CC(=O)OCC(=O)N(C)CC(=O)OC(C)C(=O)N(C)CC(=O)OCC(=O)N3C)cc2)cc1OC(C)C. The summed E-state index contributed by atoms with van der Waals surface area (Å²) in [7, 11) is 5.05. The summed E-state index contributed by atoms with van der Waals surface area (Å²) in [6, 6.07) is 5.87. The number of likely N-dealkylation sites (N-methyl/N-ethyl adjacent to an activating group) is 4. The van der Waals surface area contributed by atoms with Crippen molar-refractivity contribution in [3.8, 4) is 5.75 Å². The summed E-state index contributed by atoms with van der Waals surface area (Å²) >= 11 is 0. The quantitative estimate of drug-likeness (QED) is 0.273. The van der Waals surface area contributed by atoms with E-state index in [2.05, 4.69) is 5.10 Å². The molecule has 306 valence electrons. The predicted molar refractivity (Wildman–Crippen MR) is 194 cm³/mol. The molecular weight excluding hydrogens is 736 g/mol. The zero-order valence-corrected chi connectivity index (χ0v) is 33.1. The molecule has 1 aliphatic heterocycles. The van der Waals surface area contributed by atoms with Gasteiger partial charge in [-0.2, -0.15) is 5.10 Å². The second-order valence-electron chi connectivity index (χ2n) is 13.7. The van der Waals surface area contributed by atoms with Crippen LogP contribution in [-0.2, 0) is 70.3 Å². The molecule has 2 heterocycles. The van der Waals surface area contributed by atoms with Gasteiger partial charge in [0, 0.05) is 34.6 Å². The van der Waals surface area contributed by atoms with Crippen LogP contribution in [0.25, 0.3) is 0 Å². The number of esters is 4. The zero-order valence-electron chi connectivity index (χ0n) is 33.1. The Hall–Kier alpha value is -6.01. The topological polar surface area (TPSA) is 213 Å². The molecule has 0 aliphatic carbocycles. The van der Waals surface area contributed by atoms with Gasteiger partial charge in [-0.25, -0.2) is 4.79 Å². The highest BCUT2D eigenvalue weighted by atomic mass is 16.6. The third-order valence-corrected chi connectivity index (χ3v) is 8.48. The second-order valence-corrected chi connectivity index (χ2v) is 13.7. The first-order valence-corrected chi connectivity index (χ1v) is 17.7. The number of aryl methyl sites for hydroxylation is 1. The van der Waals surface area contributed by atoms with Gasteiger partial charge >= 0.3 is 23.9 Å². The molecule has 3 unspecified atom stereocenters. The highest BCUT2D eigenvalue weighted by Gasteiger charge is 2.33. The number of cyclic esters (lactones) is 4. The number of amides is 4. The van der Waals surface area contributed by atoms with E-state index in [9.17, 15) is 38.4 Å². The molecule has 2 aromatic rings. The van der Waals surface area contributed by atoms with Gasteiger partial charge in [-0.3, -0.25) is 38.2 Å². The summed E-state index contributed by atoms with van der Waals surface area (Å²) in [6.45, 7) is 5.27. The summed E-state index contributed by atoms with van der Waals surface area (Å²) in [5.74, 6) is -6.32. The van der Waals surface area contributed by atoms with Crippen LogP contribution >= 0.6 is 0 Å². The lowest BCUT2D eigenvalue weighted by Gasteiger charge is -2.29. The van der Waals surface area contributed by atoms with E-state index in [1.54, 1.807) is 23.0 Å². The van der Waals surface area contributed by atoms with E-state index in [0.717, 1.165) is 30.9 Å². The summed E-state index contributed by atoms with van der Waals surface area (Å²) < 4.78 is 28.2. The maximum absolute atomic E-state index is 13.7. The molecule has 0 spiro atoms. The predicted octanol–water partition coefficient (Wildman–Crippen LogP) is -0.265. The maximum atomic E-state index is 13.7. The summed E-state index contributed by atoms with van der Waals surface area (Å²) in [6.07, 6.45) is -1.06. The van der Waals surface area contributed by atoms with Crippen molar-refractivity contribution in [2.45, 2.75) is 71.9 Å². The Labute approximate surface area is 324 Å². The molecule has 3 rings (SSSR count). The first kappa shape index (κ1) is 44.4. The first-order valence-electron chi connectivity index (χ1n) is 17.7. The molecule has 0 bridgehead atoms. The number of hydrogen-bond acceptors (Lipinski definition) is 14. The molecule has 3 atom stereocenters. The number of aromatic nitrogens is 2. The van der Waals surface area contributed by atoms with Crippen LogP contribution in [-0.4, -0.2) is 162 Å². The minimum atomic E-state index is -1.42. The molecule has 1 aromatic carbocycles. The Morgan fingerprint density at radius 1 is 0.714 bits per heavy atom. The van der Waals surface area contributed by atoms with Crippen molar-refractivity contribution >= 4 is 47.5 Å².